The highest BCUT2D eigenvalue weighted by Crippen LogP contribution is 2.17. The zero-order valence-corrected chi connectivity index (χ0v) is 11.7. The Morgan fingerprint density at radius 3 is 1.62 bits per heavy atom. The maximum Gasteiger partial charge on any atom is 0.500 e. The molecule has 0 saturated heterocycles. The van der Waals surface area contributed by atoms with Gasteiger partial charge in [0.05, 0.1) is 0 Å². The van der Waals surface area contributed by atoms with Crippen molar-refractivity contribution in [3.8, 4) is 0 Å². The average Bonchev–Trinajstić information content (AvgIpc) is 2.29. The van der Waals surface area contributed by atoms with Crippen molar-refractivity contribution in [1.82, 2.24) is 0 Å². The van der Waals surface area contributed by atoms with Crippen molar-refractivity contribution in [2.75, 3.05) is 21.3 Å². The molecule has 0 N–H and O–H groups in total. The highest BCUT2D eigenvalue weighted by Gasteiger charge is 2.36. The molecule has 0 bridgehead atoms. The first kappa shape index (κ1) is 18.7. The Morgan fingerprint density at radius 2 is 1.19 bits per heavy atom. The van der Waals surface area contributed by atoms with Crippen molar-refractivity contribution < 1.29 is 13.3 Å². The average molecular weight is 267 g/mol. The van der Waals surface area contributed by atoms with Crippen molar-refractivity contribution in [2.24, 2.45) is 0 Å². The molecule has 3 nitrogen and oxygen atoms in total. The topological polar surface area (TPSA) is 27.7 Å². The normalized spacial score (nSPS) is 11.2. The summed E-state index contributed by atoms with van der Waals surface area (Å²) < 4.78 is 16.1. The molecule has 0 aliphatic carbocycles. The molecule has 0 aliphatic rings. The van der Waals surface area contributed by atoms with E-state index in [2.05, 4.69) is 6.92 Å². The number of hydrogen-bond donors (Lipinski definition) is 0. The quantitative estimate of drug-likeness (QED) is 0.445. The summed E-state index contributed by atoms with van der Waals surface area (Å²) in [5, 5.41) is 0. The first-order valence-corrected chi connectivity index (χ1v) is 7.83. The summed E-state index contributed by atoms with van der Waals surface area (Å²) in [4.78, 5) is 0. The molecule has 0 unspecified atom stereocenters. The minimum atomic E-state index is -2.29. The van der Waals surface area contributed by atoms with E-state index in [1.54, 1.807) is 21.3 Å². The van der Waals surface area contributed by atoms with Gasteiger partial charge in [-0.25, -0.2) is 0 Å². The van der Waals surface area contributed by atoms with E-state index in [1.807, 2.05) is 0 Å². The van der Waals surface area contributed by atoms with Gasteiger partial charge in [0, 0.05) is 27.4 Å². The van der Waals surface area contributed by atoms with Crippen LogP contribution in [0.5, 0.6) is 0 Å². The zero-order valence-electron chi connectivity index (χ0n) is 10.7. The van der Waals surface area contributed by atoms with Crippen molar-refractivity contribution >= 4 is 19.8 Å². The predicted molar refractivity (Wildman–Crippen MR) is 76.3 cm³/mol. The molecule has 0 radical (unpaired) electrons. The van der Waals surface area contributed by atoms with Crippen LogP contribution in [0.3, 0.4) is 0 Å². The van der Waals surface area contributed by atoms with Crippen molar-refractivity contribution in [1.29, 1.82) is 0 Å². The second kappa shape index (κ2) is 11.8. The SMILES string of the molecule is CCCCCCCC[Si](OC)(OC)OC.[SiH4]. The van der Waals surface area contributed by atoms with Gasteiger partial charge in [-0.2, -0.15) is 0 Å². The van der Waals surface area contributed by atoms with Gasteiger partial charge in [-0.3, -0.25) is 0 Å². The Hall–Kier alpha value is 0.314. The molecule has 0 aliphatic heterocycles. The molecule has 0 atom stereocenters. The van der Waals surface area contributed by atoms with E-state index in [9.17, 15) is 0 Å². The largest absolute Gasteiger partial charge is 0.500 e. The summed E-state index contributed by atoms with van der Waals surface area (Å²) in [5.74, 6) is 0. The van der Waals surface area contributed by atoms with Crippen LogP contribution in [0.25, 0.3) is 0 Å². The maximum atomic E-state index is 5.36. The molecule has 5 heteroatoms. The minimum Gasteiger partial charge on any atom is -0.377 e. The van der Waals surface area contributed by atoms with Gasteiger partial charge in [-0.1, -0.05) is 39.0 Å². The molecule has 100 valence electrons. The van der Waals surface area contributed by atoms with Gasteiger partial charge in [0.2, 0.25) is 0 Å². The fourth-order valence-electron chi connectivity index (χ4n) is 1.68. The fourth-order valence-corrected chi connectivity index (χ4v) is 3.47. The van der Waals surface area contributed by atoms with Crippen LogP contribution >= 0.6 is 0 Å². The lowest BCUT2D eigenvalue weighted by Gasteiger charge is -2.24. The third kappa shape index (κ3) is 7.56. The van der Waals surface area contributed by atoms with Crippen molar-refractivity contribution in [3.63, 3.8) is 0 Å². The molecule has 0 aromatic heterocycles. The summed E-state index contributed by atoms with van der Waals surface area (Å²) in [5.41, 5.74) is 0. The number of rotatable bonds is 10. The van der Waals surface area contributed by atoms with E-state index < -0.39 is 8.80 Å². The van der Waals surface area contributed by atoms with Crippen LogP contribution in [0.4, 0.5) is 0 Å². The monoisotopic (exact) mass is 266 g/mol. The van der Waals surface area contributed by atoms with Crippen LogP contribution in [0.2, 0.25) is 6.04 Å². The standard InChI is InChI=1S/C11H26O3Si.H4Si/c1-5-6-7-8-9-10-11-15(12-2,13-3)14-4;/h5-11H2,1-4H3;1H4. The van der Waals surface area contributed by atoms with Crippen LogP contribution in [0, 0.1) is 0 Å². The van der Waals surface area contributed by atoms with Crippen LogP contribution in [-0.4, -0.2) is 41.1 Å². The highest BCUT2D eigenvalue weighted by molar-refractivity contribution is 6.60. The Bertz CT molecular complexity index is 133. The first-order valence-electron chi connectivity index (χ1n) is 5.90. The lowest BCUT2D eigenvalue weighted by Crippen LogP contribution is -2.42. The summed E-state index contributed by atoms with van der Waals surface area (Å²) >= 11 is 0. The van der Waals surface area contributed by atoms with E-state index in [4.69, 9.17) is 13.3 Å². The van der Waals surface area contributed by atoms with Gasteiger partial charge < -0.3 is 13.3 Å². The first-order chi connectivity index (χ1) is 7.24. The van der Waals surface area contributed by atoms with Gasteiger partial charge >= 0.3 is 8.80 Å². The molecule has 0 heterocycles. The van der Waals surface area contributed by atoms with Crippen molar-refractivity contribution in [2.45, 2.75) is 51.5 Å². The molecule has 0 rings (SSSR count). The second-order valence-corrected chi connectivity index (χ2v) is 6.90. The molecule has 0 fully saturated rings. The molecular formula is C11H30O3Si2. The van der Waals surface area contributed by atoms with Crippen LogP contribution < -0.4 is 0 Å². The summed E-state index contributed by atoms with van der Waals surface area (Å²) in [6, 6.07) is 0.933. The molecule has 0 amide bonds. The number of unbranched alkanes of at least 4 members (excludes halogenated alkanes) is 5. The van der Waals surface area contributed by atoms with E-state index in [-0.39, 0.29) is 11.0 Å². The Balaban J connectivity index is 0. The Labute approximate surface area is 106 Å². The number of hydrogen-bond acceptors (Lipinski definition) is 3. The Morgan fingerprint density at radius 1 is 0.750 bits per heavy atom. The van der Waals surface area contributed by atoms with Gasteiger partial charge in [0.15, 0.2) is 0 Å². The third-order valence-corrected chi connectivity index (χ3v) is 5.60. The highest BCUT2D eigenvalue weighted by atomic mass is 28.4. The third-order valence-electron chi connectivity index (χ3n) is 2.77. The summed E-state index contributed by atoms with van der Waals surface area (Å²) in [7, 11) is 2.74. The second-order valence-electron chi connectivity index (χ2n) is 3.81. The van der Waals surface area contributed by atoms with E-state index in [1.165, 1.54) is 32.1 Å². The molecule has 0 aromatic carbocycles. The Kier molecular flexibility index (Phi) is 13.8. The van der Waals surface area contributed by atoms with E-state index in [0.29, 0.717) is 0 Å². The summed E-state index contributed by atoms with van der Waals surface area (Å²) in [6.07, 6.45) is 7.71. The molecule has 0 spiro atoms. The molecule has 0 saturated carbocycles. The molecular weight excluding hydrogens is 236 g/mol. The van der Waals surface area contributed by atoms with E-state index >= 15 is 0 Å². The van der Waals surface area contributed by atoms with Crippen LogP contribution in [-0.2, 0) is 13.3 Å². The van der Waals surface area contributed by atoms with Gasteiger partial charge in [-0.15, -0.1) is 0 Å². The van der Waals surface area contributed by atoms with Gasteiger partial charge in [0.1, 0.15) is 0 Å². The van der Waals surface area contributed by atoms with Crippen LogP contribution in [0.1, 0.15) is 45.4 Å². The molecule has 0 aromatic rings. The van der Waals surface area contributed by atoms with Crippen molar-refractivity contribution in [3.05, 3.63) is 0 Å². The fraction of sp³-hybridized carbons (Fsp3) is 1.00. The predicted octanol–water partition coefficient (Wildman–Crippen LogP) is 1.77. The summed E-state index contributed by atoms with van der Waals surface area (Å²) in [6.45, 7) is 2.23. The molecule has 16 heavy (non-hydrogen) atoms. The zero-order chi connectivity index (χ0) is 11.6. The lowest BCUT2D eigenvalue weighted by atomic mass is 10.1. The minimum absolute atomic E-state index is 0. The van der Waals surface area contributed by atoms with E-state index in [0.717, 1.165) is 12.5 Å². The van der Waals surface area contributed by atoms with Crippen LogP contribution in [0.15, 0.2) is 0 Å². The van der Waals surface area contributed by atoms with Gasteiger partial charge in [0.25, 0.3) is 0 Å². The maximum absolute atomic E-state index is 5.36. The smallest absolute Gasteiger partial charge is 0.377 e. The van der Waals surface area contributed by atoms with Gasteiger partial charge in [-0.05, 0) is 17.4 Å². The lowest BCUT2D eigenvalue weighted by molar-refractivity contribution is 0.122.